The number of piperidine rings is 1. The molecule has 1 fully saturated rings. The molecule has 2 rings (SSSR count). The van der Waals surface area contributed by atoms with E-state index in [4.69, 9.17) is 10.9 Å². The Morgan fingerprint density at radius 3 is 2.50 bits per heavy atom. The molecule has 0 radical (unpaired) electrons. The molecule has 5 heteroatoms. The van der Waals surface area contributed by atoms with Gasteiger partial charge in [0.15, 0.2) is 0 Å². The average Bonchev–Trinajstić information content (AvgIpc) is 2.48. The van der Waals surface area contributed by atoms with Gasteiger partial charge in [0.25, 0.3) is 0 Å². The van der Waals surface area contributed by atoms with Gasteiger partial charge in [-0.2, -0.15) is 0 Å². The summed E-state index contributed by atoms with van der Waals surface area (Å²) >= 11 is 0. The van der Waals surface area contributed by atoms with E-state index in [1.807, 2.05) is 42.2 Å². The van der Waals surface area contributed by atoms with Gasteiger partial charge in [-0.05, 0) is 18.4 Å². The van der Waals surface area contributed by atoms with Crippen LogP contribution >= 0.6 is 0 Å². The summed E-state index contributed by atoms with van der Waals surface area (Å²) in [6, 6.07) is 9.74. The van der Waals surface area contributed by atoms with Crippen LogP contribution in [-0.2, 0) is 11.2 Å². The number of oxime groups is 1. The van der Waals surface area contributed by atoms with E-state index in [2.05, 4.69) is 5.16 Å². The van der Waals surface area contributed by atoms with Gasteiger partial charge >= 0.3 is 0 Å². The highest BCUT2D eigenvalue weighted by molar-refractivity contribution is 5.86. The summed E-state index contributed by atoms with van der Waals surface area (Å²) in [5, 5.41) is 11.9. The molecule has 0 aliphatic carbocycles. The third kappa shape index (κ3) is 3.10. The maximum absolute atomic E-state index is 12.2. The van der Waals surface area contributed by atoms with Crippen molar-refractivity contribution < 1.29 is 10.0 Å². The van der Waals surface area contributed by atoms with Crippen molar-refractivity contribution in [1.29, 1.82) is 0 Å². The van der Waals surface area contributed by atoms with Crippen LogP contribution in [0.3, 0.4) is 0 Å². The zero-order valence-corrected chi connectivity index (χ0v) is 11.7. The van der Waals surface area contributed by atoms with Gasteiger partial charge in [-0.15, -0.1) is 0 Å². The number of hydrogen-bond donors (Lipinski definition) is 2. The number of rotatable bonds is 3. The van der Waals surface area contributed by atoms with Crippen molar-refractivity contribution >= 4 is 11.7 Å². The van der Waals surface area contributed by atoms with Gasteiger partial charge in [-0.25, -0.2) is 0 Å². The van der Waals surface area contributed by atoms with Crippen LogP contribution in [0.25, 0.3) is 0 Å². The van der Waals surface area contributed by atoms with E-state index in [1.165, 1.54) is 0 Å². The molecule has 1 amide bonds. The molecule has 1 aliphatic heterocycles. The standard InChI is InChI=1S/C15H21N3O2/c1-15(14(16)17-20)7-9-18(10-8-15)13(19)11-12-5-3-2-4-6-12/h2-6,20H,7-11H2,1H3,(H2,16,17). The molecule has 5 nitrogen and oxygen atoms in total. The second-order valence-corrected chi connectivity index (χ2v) is 5.59. The second-order valence-electron chi connectivity index (χ2n) is 5.59. The molecule has 1 heterocycles. The maximum Gasteiger partial charge on any atom is 0.226 e. The van der Waals surface area contributed by atoms with Crippen molar-refractivity contribution in [2.24, 2.45) is 16.3 Å². The molecule has 0 saturated carbocycles. The summed E-state index contributed by atoms with van der Waals surface area (Å²) in [6.45, 7) is 3.28. The number of benzene rings is 1. The van der Waals surface area contributed by atoms with E-state index in [0.29, 0.717) is 19.5 Å². The van der Waals surface area contributed by atoms with Crippen LogP contribution in [0.1, 0.15) is 25.3 Å². The number of carbonyl (C=O) groups is 1. The van der Waals surface area contributed by atoms with E-state index < -0.39 is 0 Å². The molecule has 0 bridgehead atoms. The first-order chi connectivity index (χ1) is 9.55. The fourth-order valence-electron chi connectivity index (χ4n) is 2.51. The number of nitrogens with two attached hydrogens (primary N) is 1. The topological polar surface area (TPSA) is 78.9 Å². The lowest BCUT2D eigenvalue weighted by atomic mass is 9.79. The van der Waals surface area contributed by atoms with Gasteiger partial charge in [0, 0.05) is 18.5 Å². The number of carbonyl (C=O) groups excluding carboxylic acids is 1. The predicted octanol–water partition coefficient (Wildman–Crippen LogP) is 1.60. The average molecular weight is 275 g/mol. The van der Waals surface area contributed by atoms with Gasteiger partial charge in [-0.3, -0.25) is 4.79 Å². The summed E-state index contributed by atoms with van der Waals surface area (Å²) in [4.78, 5) is 14.1. The molecule has 3 N–H and O–H groups in total. The number of amidine groups is 1. The lowest BCUT2D eigenvalue weighted by Crippen LogP contribution is -2.47. The Kier molecular flexibility index (Phi) is 4.27. The van der Waals surface area contributed by atoms with Crippen LogP contribution in [0.4, 0.5) is 0 Å². The van der Waals surface area contributed by atoms with Crippen molar-refractivity contribution in [3.8, 4) is 0 Å². The van der Waals surface area contributed by atoms with Crippen LogP contribution in [0.15, 0.2) is 35.5 Å². The van der Waals surface area contributed by atoms with Crippen LogP contribution in [0.5, 0.6) is 0 Å². The van der Waals surface area contributed by atoms with Gasteiger partial charge in [-0.1, -0.05) is 42.4 Å². The number of amides is 1. The third-order valence-electron chi connectivity index (χ3n) is 4.14. The van der Waals surface area contributed by atoms with Gasteiger partial charge in [0.05, 0.1) is 6.42 Å². The Morgan fingerprint density at radius 2 is 1.95 bits per heavy atom. The van der Waals surface area contributed by atoms with Gasteiger partial charge in [0.2, 0.25) is 5.91 Å². The van der Waals surface area contributed by atoms with Gasteiger partial charge in [0.1, 0.15) is 5.84 Å². The Hall–Kier alpha value is -2.04. The van der Waals surface area contributed by atoms with E-state index in [0.717, 1.165) is 18.4 Å². The third-order valence-corrected chi connectivity index (χ3v) is 4.14. The van der Waals surface area contributed by atoms with E-state index >= 15 is 0 Å². The second kappa shape index (κ2) is 5.94. The molecule has 0 unspecified atom stereocenters. The van der Waals surface area contributed by atoms with Crippen LogP contribution in [0, 0.1) is 5.41 Å². The minimum absolute atomic E-state index is 0.137. The highest BCUT2D eigenvalue weighted by Gasteiger charge is 2.35. The Balaban J connectivity index is 1.92. The molecule has 108 valence electrons. The number of nitrogens with zero attached hydrogens (tertiary/aromatic N) is 2. The molecule has 0 spiro atoms. The quantitative estimate of drug-likeness (QED) is 0.380. The van der Waals surface area contributed by atoms with E-state index in [1.54, 1.807) is 0 Å². The van der Waals surface area contributed by atoms with E-state index in [-0.39, 0.29) is 17.2 Å². The van der Waals surface area contributed by atoms with E-state index in [9.17, 15) is 4.79 Å². The lowest BCUT2D eigenvalue weighted by Gasteiger charge is -2.38. The largest absolute Gasteiger partial charge is 0.409 e. The lowest BCUT2D eigenvalue weighted by molar-refractivity contribution is -0.132. The highest BCUT2D eigenvalue weighted by atomic mass is 16.4. The molecule has 1 aromatic rings. The summed E-state index contributed by atoms with van der Waals surface area (Å²) in [7, 11) is 0. The minimum atomic E-state index is -0.307. The van der Waals surface area contributed by atoms with Crippen molar-refractivity contribution in [3.63, 3.8) is 0 Å². The summed E-state index contributed by atoms with van der Waals surface area (Å²) < 4.78 is 0. The van der Waals surface area contributed by atoms with Crippen molar-refractivity contribution in [1.82, 2.24) is 4.90 Å². The van der Waals surface area contributed by atoms with Crippen LogP contribution < -0.4 is 5.73 Å². The number of likely N-dealkylation sites (tertiary alicyclic amines) is 1. The van der Waals surface area contributed by atoms with Crippen molar-refractivity contribution in [2.45, 2.75) is 26.2 Å². The van der Waals surface area contributed by atoms with Crippen LogP contribution in [-0.4, -0.2) is 34.9 Å². The molecule has 0 aromatic heterocycles. The fourth-order valence-corrected chi connectivity index (χ4v) is 2.51. The first-order valence-electron chi connectivity index (χ1n) is 6.85. The van der Waals surface area contributed by atoms with Crippen LogP contribution in [0.2, 0.25) is 0 Å². The molecular weight excluding hydrogens is 254 g/mol. The first kappa shape index (κ1) is 14.4. The minimum Gasteiger partial charge on any atom is -0.409 e. The molecule has 0 atom stereocenters. The molecular formula is C15H21N3O2. The summed E-state index contributed by atoms with van der Waals surface area (Å²) in [6.07, 6.45) is 1.88. The fraction of sp³-hybridized carbons (Fsp3) is 0.467. The zero-order valence-electron chi connectivity index (χ0n) is 11.7. The summed E-state index contributed by atoms with van der Waals surface area (Å²) in [5.41, 5.74) is 6.45. The highest BCUT2D eigenvalue weighted by Crippen LogP contribution is 2.31. The van der Waals surface area contributed by atoms with Gasteiger partial charge < -0.3 is 15.8 Å². The monoisotopic (exact) mass is 275 g/mol. The molecule has 1 aromatic carbocycles. The smallest absolute Gasteiger partial charge is 0.226 e. The zero-order chi connectivity index (χ0) is 14.6. The number of hydrogen-bond acceptors (Lipinski definition) is 3. The molecule has 1 aliphatic rings. The SMILES string of the molecule is CC1(/C(N)=N/O)CCN(C(=O)Cc2ccccc2)CC1. The molecule has 1 saturated heterocycles. The van der Waals surface area contributed by atoms with Crippen molar-refractivity contribution in [3.05, 3.63) is 35.9 Å². The normalized spacial score (nSPS) is 18.9. The Bertz CT molecular complexity index is 491. The Labute approximate surface area is 119 Å². The maximum atomic E-state index is 12.2. The summed E-state index contributed by atoms with van der Waals surface area (Å²) in [5.74, 6) is 0.394. The molecule has 20 heavy (non-hydrogen) atoms. The predicted molar refractivity (Wildman–Crippen MR) is 77.5 cm³/mol. The Morgan fingerprint density at radius 1 is 1.35 bits per heavy atom. The van der Waals surface area contributed by atoms with Crippen molar-refractivity contribution in [2.75, 3.05) is 13.1 Å². The first-order valence-corrected chi connectivity index (χ1v) is 6.85.